The van der Waals surface area contributed by atoms with E-state index < -0.39 is 0 Å². The van der Waals surface area contributed by atoms with Gasteiger partial charge in [-0.1, -0.05) is 25.2 Å². The molecule has 0 bridgehead atoms. The second kappa shape index (κ2) is 5.04. The van der Waals surface area contributed by atoms with E-state index in [1.54, 1.807) is 0 Å². The Kier molecular flexibility index (Phi) is 3.53. The van der Waals surface area contributed by atoms with Crippen LogP contribution in [0.4, 0.5) is 5.13 Å². The highest BCUT2D eigenvalue weighted by molar-refractivity contribution is 7.15. The second-order valence-electron chi connectivity index (χ2n) is 6.29. The molecule has 3 rings (SSSR count). The third-order valence-electron chi connectivity index (χ3n) is 4.07. The maximum atomic E-state index is 5.42. The van der Waals surface area contributed by atoms with Crippen molar-refractivity contribution in [3.05, 3.63) is 10.6 Å². The van der Waals surface area contributed by atoms with Gasteiger partial charge in [0, 0.05) is 24.0 Å². The molecule has 5 heteroatoms. The zero-order valence-electron chi connectivity index (χ0n) is 12.0. The van der Waals surface area contributed by atoms with Crippen molar-refractivity contribution in [3.63, 3.8) is 0 Å². The molecule has 1 aliphatic heterocycles. The summed E-state index contributed by atoms with van der Waals surface area (Å²) in [5, 5.41) is 4.65. The van der Waals surface area contributed by atoms with Gasteiger partial charge in [0.1, 0.15) is 0 Å². The molecular formula is C14H23N3OS. The number of anilines is 1. The van der Waals surface area contributed by atoms with Gasteiger partial charge in [0.05, 0.1) is 18.9 Å². The molecule has 0 spiro atoms. The van der Waals surface area contributed by atoms with Crippen molar-refractivity contribution in [3.8, 4) is 0 Å². The molecule has 4 nitrogen and oxygen atoms in total. The van der Waals surface area contributed by atoms with Gasteiger partial charge in [-0.3, -0.25) is 0 Å². The van der Waals surface area contributed by atoms with E-state index in [0.717, 1.165) is 32.7 Å². The van der Waals surface area contributed by atoms with E-state index in [4.69, 9.17) is 9.72 Å². The Morgan fingerprint density at radius 1 is 1.37 bits per heavy atom. The number of hydrogen-bond acceptors (Lipinski definition) is 5. The van der Waals surface area contributed by atoms with Crippen LogP contribution in [-0.4, -0.2) is 38.3 Å². The number of nitrogens with zero attached hydrogens (tertiary/aromatic N) is 2. The number of rotatable bonds is 2. The van der Waals surface area contributed by atoms with E-state index in [1.165, 1.54) is 22.1 Å². The number of thiazole rings is 1. The molecule has 0 aromatic carbocycles. The van der Waals surface area contributed by atoms with Crippen LogP contribution in [-0.2, 0) is 11.2 Å². The minimum Gasteiger partial charge on any atom is -0.378 e. The minimum atomic E-state index is 0.344. The Labute approximate surface area is 119 Å². The molecule has 2 heterocycles. The number of fused-ring (bicyclic) bond motifs is 1. The fourth-order valence-corrected chi connectivity index (χ4v) is 4.29. The lowest BCUT2D eigenvalue weighted by Gasteiger charge is -2.34. The van der Waals surface area contributed by atoms with Crippen LogP contribution in [0.2, 0.25) is 0 Å². The van der Waals surface area contributed by atoms with Crippen LogP contribution in [0.1, 0.15) is 36.9 Å². The number of hydrogen-bond donors (Lipinski definition) is 1. The van der Waals surface area contributed by atoms with Crippen molar-refractivity contribution in [1.29, 1.82) is 0 Å². The summed E-state index contributed by atoms with van der Waals surface area (Å²) in [6.07, 6.45) is 2.29. The van der Waals surface area contributed by atoms with Crippen molar-refractivity contribution in [1.82, 2.24) is 10.3 Å². The fourth-order valence-electron chi connectivity index (χ4n) is 3.04. The molecule has 1 fully saturated rings. The second-order valence-corrected chi connectivity index (χ2v) is 7.30. The summed E-state index contributed by atoms with van der Waals surface area (Å²) in [6, 6.07) is 0.464. The molecule has 19 heavy (non-hydrogen) atoms. The summed E-state index contributed by atoms with van der Waals surface area (Å²) in [5.74, 6) is 0. The van der Waals surface area contributed by atoms with Crippen LogP contribution in [0.25, 0.3) is 0 Å². The van der Waals surface area contributed by atoms with E-state index in [0.29, 0.717) is 11.5 Å². The van der Waals surface area contributed by atoms with Gasteiger partial charge in [-0.15, -0.1) is 0 Å². The van der Waals surface area contributed by atoms with Crippen LogP contribution < -0.4 is 10.2 Å². The topological polar surface area (TPSA) is 37.4 Å². The normalized spacial score (nSPS) is 26.3. The number of ether oxygens (including phenoxy) is 1. The summed E-state index contributed by atoms with van der Waals surface area (Å²) in [5.41, 5.74) is 1.65. The van der Waals surface area contributed by atoms with E-state index in [9.17, 15) is 0 Å². The molecule has 0 amide bonds. The molecule has 0 saturated carbocycles. The smallest absolute Gasteiger partial charge is 0.185 e. The SMILES string of the molecule is CNC1CC(C)(C)Cc2nc(N3CCOCC3)sc21. The first-order valence-corrected chi connectivity index (χ1v) is 7.90. The van der Waals surface area contributed by atoms with Crippen molar-refractivity contribution in [2.24, 2.45) is 5.41 Å². The molecule has 0 radical (unpaired) electrons. The Bertz CT molecular complexity index is 452. The molecule has 1 saturated heterocycles. The average molecular weight is 281 g/mol. The maximum Gasteiger partial charge on any atom is 0.185 e. The highest BCUT2D eigenvalue weighted by atomic mass is 32.1. The quantitative estimate of drug-likeness (QED) is 0.902. The van der Waals surface area contributed by atoms with E-state index >= 15 is 0 Å². The third kappa shape index (κ3) is 2.64. The molecule has 1 aromatic rings. The largest absolute Gasteiger partial charge is 0.378 e. The number of morpholine rings is 1. The van der Waals surface area contributed by atoms with Gasteiger partial charge in [0.15, 0.2) is 5.13 Å². The Morgan fingerprint density at radius 3 is 2.79 bits per heavy atom. The van der Waals surface area contributed by atoms with Crippen molar-refractivity contribution >= 4 is 16.5 Å². The van der Waals surface area contributed by atoms with Gasteiger partial charge in [-0.25, -0.2) is 4.98 Å². The van der Waals surface area contributed by atoms with E-state index in [-0.39, 0.29) is 0 Å². The molecular weight excluding hydrogens is 258 g/mol. The Hall–Kier alpha value is -0.650. The predicted octanol–water partition coefficient (Wildman–Crippen LogP) is 2.21. The molecule has 1 aromatic heterocycles. The summed E-state index contributed by atoms with van der Waals surface area (Å²) >= 11 is 1.87. The van der Waals surface area contributed by atoms with Crippen LogP contribution in [0.5, 0.6) is 0 Å². The first-order valence-electron chi connectivity index (χ1n) is 7.09. The van der Waals surface area contributed by atoms with Gasteiger partial charge in [0.25, 0.3) is 0 Å². The summed E-state index contributed by atoms with van der Waals surface area (Å²) in [6.45, 7) is 8.28. The lowest BCUT2D eigenvalue weighted by molar-refractivity contribution is 0.122. The lowest BCUT2D eigenvalue weighted by atomic mass is 9.76. The summed E-state index contributed by atoms with van der Waals surface area (Å²) in [7, 11) is 2.06. The van der Waals surface area contributed by atoms with Gasteiger partial charge >= 0.3 is 0 Å². The zero-order valence-corrected chi connectivity index (χ0v) is 12.8. The Balaban J connectivity index is 1.88. The van der Waals surface area contributed by atoms with Gasteiger partial charge in [0.2, 0.25) is 0 Å². The van der Waals surface area contributed by atoms with Crippen LogP contribution in [0.3, 0.4) is 0 Å². The first kappa shape index (κ1) is 13.3. The fraction of sp³-hybridized carbons (Fsp3) is 0.786. The third-order valence-corrected chi connectivity index (χ3v) is 5.34. The number of aromatic nitrogens is 1. The van der Waals surface area contributed by atoms with Crippen LogP contribution in [0, 0.1) is 5.41 Å². The predicted molar refractivity (Wildman–Crippen MR) is 79.0 cm³/mol. The van der Waals surface area contributed by atoms with Gasteiger partial charge in [-0.05, 0) is 25.3 Å². The molecule has 1 N–H and O–H groups in total. The maximum absolute atomic E-state index is 5.42. The molecule has 2 aliphatic rings. The summed E-state index contributed by atoms with van der Waals surface area (Å²) < 4.78 is 5.42. The van der Waals surface area contributed by atoms with Crippen molar-refractivity contribution < 1.29 is 4.74 Å². The molecule has 1 unspecified atom stereocenters. The highest BCUT2D eigenvalue weighted by Gasteiger charge is 2.35. The van der Waals surface area contributed by atoms with Crippen molar-refractivity contribution in [2.45, 2.75) is 32.7 Å². The van der Waals surface area contributed by atoms with Crippen molar-refractivity contribution in [2.75, 3.05) is 38.3 Å². The lowest BCUT2D eigenvalue weighted by Crippen LogP contribution is -2.36. The van der Waals surface area contributed by atoms with E-state index in [1.807, 2.05) is 11.3 Å². The average Bonchev–Trinajstić information content (AvgIpc) is 2.81. The van der Waals surface area contributed by atoms with Crippen LogP contribution >= 0.6 is 11.3 Å². The molecule has 106 valence electrons. The standard InChI is InChI=1S/C14H23N3OS/c1-14(2)8-10(15-3)12-11(9-14)16-13(19-12)17-4-6-18-7-5-17/h10,15H,4-9H2,1-3H3. The summed E-state index contributed by atoms with van der Waals surface area (Å²) in [4.78, 5) is 8.73. The van der Waals surface area contributed by atoms with Gasteiger partial charge < -0.3 is 15.0 Å². The molecule has 1 aliphatic carbocycles. The minimum absolute atomic E-state index is 0.344. The molecule has 1 atom stereocenters. The highest BCUT2D eigenvalue weighted by Crippen LogP contribution is 2.44. The van der Waals surface area contributed by atoms with Crippen LogP contribution in [0.15, 0.2) is 0 Å². The van der Waals surface area contributed by atoms with Gasteiger partial charge in [-0.2, -0.15) is 0 Å². The number of nitrogens with one attached hydrogen (secondary N) is 1. The first-order chi connectivity index (χ1) is 9.09. The monoisotopic (exact) mass is 281 g/mol. The Morgan fingerprint density at radius 2 is 2.11 bits per heavy atom. The van der Waals surface area contributed by atoms with E-state index in [2.05, 4.69) is 31.1 Å². The zero-order chi connectivity index (χ0) is 13.5.